The predicted octanol–water partition coefficient (Wildman–Crippen LogP) is 0.179. The minimum atomic E-state index is -0.0615. The van der Waals surface area contributed by atoms with Crippen LogP contribution in [0.15, 0.2) is 29.0 Å². The van der Waals surface area contributed by atoms with Gasteiger partial charge in [-0.15, -0.1) is 5.10 Å². The topological polar surface area (TPSA) is 81.8 Å². The van der Waals surface area contributed by atoms with E-state index in [0.29, 0.717) is 37.9 Å². The van der Waals surface area contributed by atoms with Gasteiger partial charge in [-0.2, -0.15) is 10.1 Å². The van der Waals surface area contributed by atoms with Crippen molar-refractivity contribution in [3.05, 3.63) is 30.4 Å². The van der Waals surface area contributed by atoms with Crippen LogP contribution in [0.25, 0.3) is 0 Å². The number of furan rings is 1. The second-order valence-corrected chi connectivity index (χ2v) is 6.66. The van der Waals surface area contributed by atoms with Gasteiger partial charge >= 0.3 is 0 Å². The molecule has 0 spiro atoms. The summed E-state index contributed by atoms with van der Waals surface area (Å²) >= 11 is 0. The van der Waals surface area contributed by atoms with Gasteiger partial charge in [0.2, 0.25) is 5.95 Å². The molecule has 0 atom stereocenters. The number of anilines is 2. The van der Waals surface area contributed by atoms with Crippen molar-refractivity contribution < 1.29 is 9.21 Å². The number of likely N-dealkylation sites (N-methyl/N-ethyl adjacent to an activating group) is 1. The summed E-state index contributed by atoms with van der Waals surface area (Å²) < 4.78 is 5.21. The molecule has 2 aromatic rings. The lowest BCUT2D eigenvalue weighted by Gasteiger charge is -2.35. The van der Waals surface area contributed by atoms with E-state index < -0.39 is 0 Å². The third-order valence-corrected chi connectivity index (χ3v) is 4.94. The maximum absolute atomic E-state index is 12.4. The molecule has 2 fully saturated rings. The van der Waals surface area contributed by atoms with Crippen LogP contribution < -0.4 is 9.80 Å². The number of amides is 1. The molecule has 2 aliphatic rings. The fourth-order valence-corrected chi connectivity index (χ4v) is 3.27. The van der Waals surface area contributed by atoms with Crippen molar-refractivity contribution in [2.45, 2.75) is 0 Å². The Bertz CT molecular complexity index is 735. The summed E-state index contributed by atoms with van der Waals surface area (Å²) in [6.45, 7) is 6.52. The van der Waals surface area contributed by atoms with Gasteiger partial charge in [-0.25, -0.2) is 0 Å². The Morgan fingerprint density at radius 2 is 1.77 bits per heavy atom. The third kappa shape index (κ3) is 3.48. The first-order valence-corrected chi connectivity index (χ1v) is 8.91. The normalized spacial score (nSPS) is 19.0. The van der Waals surface area contributed by atoms with Crippen LogP contribution in [0, 0.1) is 0 Å². The molecule has 2 aliphatic heterocycles. The summed E-state index contributed by atoms with van der Waals surface area (Å²) in [5.41, 5.74) is 0. The zero-order chi connectivity index (χ0) is 17.9. The van der Waals surface area contributed by atoms with Crippen LogP contribution >= 0.6 is 0 Å². The number of rotatable bonds is 3. The average molecular weight is 357 g/mol. The highest BCUT2D eigenvalue weighted by molar-refractivity contribution is 5.91. The highest BCUT2D eigenvalue weighted by Gasteiger charge is 2.25. The molecular formula is C17H23N7O2. The lowest BCUT2D eigenvalue weighted by atomic mass is 10.3. The van der Waals surface area contributed by atoms with E-state index in [4.69, 9.17) is 9.40 Å². The highest BCUT2D eigenvalue weighted by Crippen LogP contribution is 2.17. The van der Waals surface area contributed by atoms with Crippen molar-refractivity contribution in [1.82, 2.24) is 25.0 Å². The number of hydrogen-bond acceptors (Lipinski definition) is 8. The number of carbonyl (C=O) groups is 1. The van der Waals surface area contributed by atoms with Crippen molar-refractivity contribution in [2.24, 2.45) is 0 Å². The monoisotopic (exact) mass is 357 g/mol. The molecule has 0 aliphatic carbocycles. The van der Waals surface area contributed by atoms with Crippen LogP contribution in [-0.2, 0) is 0 Å². The van der Waals surface area contributed by atoms with E-state index in [1.807, 2.05) is 4.90 Å². The molecular weight excluding hydrogens is 334 g/mol. The third-order valence-electron chi connectivity index (χ3n) is 4.94. The molecule has 0 aromatic carbocycles. The standard InChI is InChI=1S/C17H23N7O2/c1-21-4-6-24(7-5-21)17-19-15(13-18-20-17)22-8-10-23(11-9-22)16(25)14-3-2-12-26-14/h2-3,12-13H,4-11H2,1H3. The van der Waals surface area contributed by atoms with Gasteiger partial charge in [0.05, 0.1) is 12.5 Å². The average Bonchev–Trinajstić information content (AvgIpc) is 3.23. The summed E-state index contributed by atoms with van der Waals surface area (Å²) in [5.74, 6) is 1.83. The van der Waals surface area contributed by atoms with E-state index in [-0.39, 0.29) is 5.91 Å². The minimum Gasteiger partial charge on any atom is -0.459 e. The number of hydrogen-bond donors (Lipinski definition) is 0. The maximum atomic E-state index is 12.4. The van der Waals surface area contributed by atoms with Crippen LogP contribution in [0.4, 0.5) is 11.8 Å². The first-order valence-electron chi connectivity index (χ1n) is 8.91. The van der Waals surface area contributed by atoms with E-state index in [1.165, 1.54) is 6.26 Å². The molecule has 0 unspecified atom stereocenters. The minimum absolute atomic E-state index is 0.0615. The summed E-state index contributed by atoms with van der Waals surface area (Å²) in [4.78, 5) is 25.5. The van der Waals surface area contributed by atoms with Gasteiger partial charge in [0.25, 0.3) is 5.91 Å². The lowest BCUT2D eigenvalue weighted by molar-refractivity contribution is 0.0714. The first-order chi connectivity index (χ1) is 12.7. The van der Waals surface area contributed by atoms with Crippen molar-refractivity contribution in [3.8, 4) is 0 Å². The molecule has 0 radical (unpaired) electrons. The van der Waals surface area contributed by atoms with Crippen molar-refractivity contribution in [2.75, 3.05) is 69.2 Å². The van der Waals surface area contributed by atoms with Crippen molar-refractivity contribution in [1.29, 1.82) is 0 Å². The Morgan fingerprint density at radius 3 is 2.46 bits per heavy atom. The van der Waals surface area contributed by atoms with E-state index >= 15 is 0 Å². The second-order valence-electron chi connectivity index (χ2n) is 6.66. The zero-order valence-electron chi connectivity index (χ0n) is 14.9. The van der Waals surface area contributed by atoms with Gasteiger partial charge in [0, 0.05) is 52.4 Å². The lowest BCUT2D eigenvalue weighted by Crippen LogP contribution is -2.49. The summed E-state index contributed by atoms with van der Waals surface area (Å²) in [5, 5.41) is 8.35. The van der Waals surface area contributed by atoms with Crippen molar-refractivity contribution >= 4 is 17.7 Å². The molecule has 138 valence electrons. The first kappa shape index (κ1) is 16.8. The fraction of sp³-hybridized carbons (Fsp3) is 0.529. The Balaban J connectivity index is 1.38. The van der Waals surface area contributed by atoms with Crippen LogP contribution in [0.2, 0.25) is 0 Å². The van der Waals surface area contributed by atoms with E-state index in [2.05, 4.69) is 31.9 Å². The van der Waals surface area contributed by atoms with E-state index in [9.17, 15) is 4.79 Å². The highest BCUT2D eigenvalue weighted by atomic mass is 16.3. The number of aromatic nitrogens is 3. The van der Waals surface area contributed by atoms with E-state index in [0.717, 1.165) is 32.0 Å². The molecule has 2 aromatic heterocycles. The number of nitrogens with zero attached hydrogens (tertiary/aromatic N) is 7. The summed E-state index contributed by atoms with van der Waals surface area (Å²) in [7, 11) is 2.12. The Labute approximate surface area is 152 Å². The van der Waals surface area contributed by atoms with Gasteiger partial charge < -0.3 is 24.0 Å². The molecule has 0 bridgehead atoms. The van der Waals surface area contributed by atoms with Gasteiger partial charge in [0.15, 0.2) is 11.6 Å². The quantitative estimate of drug-likeness (QED) is 0.769. The molecule has 2 saturated heterocycles. The molecule has 0 N–H and O–H groups in total. The molecule has 1 amide bonds. The van der Waals surface area contributed by atoms with Gasteiger partial charge in [-0.3, -0.25) is 4.79 Å². The summed E-state index contributed by atoms with van der Waals surface area (Å²) in [6, 6.07) is 3.43. The van der Waals surface area contributed by atoms with Gasteiger partial charge in [-0.1, -0.05) is 0 Å². The van der Waals surface area contributed by atoms with Crippen LogP contribution in [0.3, 0.4) is 0 Å². The Morgan fingerprint density at radius 1 is 1.04 bits per heavy atom. The van der Waals surface area contributed by atoms with Crippen LogP contribution in [0.1, 0.15) is 10.6 Å². The van der Waals surface area contributed by atoms with Crippen LogP contribution in [0.5, 0.6) is 0 Å². The molecule has 4 heterocycles. The molecule has 9 nitrogen and oxygen atoms in total. The van der Waals surface area contributed by atoms with Crippen LogP contribution in [-0.4, -0.2) is 90.3 Å². The summed E-state index contributed by atoms with van der Waals surface area (Å²) in [6.07, 6.45) is 3.22. The molecule has 9 heteroatoms. The SMILES string of the molecule is CN1CCN(c2nncc(N3CCN(C(=O)c4ccco4)CC3)n2)CC1. The smallest absolute Gasteiger partial charge is 0.289 e. The maximum Gasteiger partial charge on any atom is 0.289 e. The number of piperazine rings is 2. The number of carbonyl (C=O) groups excluding carboxylic acids is 1. The van der Waals surface area contributed by atoms with E-state index in [1.54, 1.807) is 18.3 Å². The predicted molar refractivity (Wildman–Crippen MR) is 96.4 cm³/mol. The Hall–Kier alpha value is -2.68. The second kappa shape index (κ2) is 7.28. The molecule has 4 rings (SSSR count). The zero-order valence-corrected chi connectivity index (χ0v) is 14.9. The van der Waals surface area contributed by atoms with Gasteiger partial charge in [-0.05, 0) is 19.2 Å². The molecule has 26 heavy (non-hydrogen) atoms. The molecule has 0 saturated carbocycles. The van der Waals surface area contributed by atoms with Crippen molar-refractivity contribution in [3.63, 3.8) is 0 Å². The fourth-order valence-electron chi connectivity index (χ4n) is 3.27. The Kier molecular flexibility index (Phi) is 4.70. The van der Waals surface area contributed by atoms with Gasteiger partial charge in [0.1, 0.15) is 0 Å². The largest absolute Gasteiger partial charge is 0.459 e.